The number of unbranched alkanes of at least 4 members (excludes halogenated alkanes) is 4. The monoisotopic (exact) mass is 269 g/mol. The van der Waals surface area contributed by atoms with Crippen LogP contribution in [0.25, 0.3) is 0 Å². The summed E-state index contributed by atoms with van der Waals surface area (Å²) in [7, 11) is 1.93. The van der Waals surface area contributed by atoms with Crippen LogP contribution in [0, 0.1) is 0 Å². The zero-order valence-electron chi connectivity index (χ0n) is 11.5. The Bertz CT molecular complexity index is 341. The van der Waals surface area contributed by atoms with Crippen molar-refractivity contribution in [2.75, 3.05) is 13.7 Å². The number of hydrogen-bond acceptors (Lipinski definition) is 2. The van der Waals surface area contributed by atoms with Gasteiger partial charge in [0.25, 0.3) is 0 Å². The molecule has 0 amide bonds. The van der Waals surface area contributed by atoms with E-state index < -0.39 is 0 Å². The lowest BCUT2D eigenvalue weighted by molar-refractivity contribution is 0.304. The molecule has 0 saturated heterocycles. The molecule has 0 spiro atoms. The van der Waals surface area contributed by atoms with Crippen molar-refractivity contribution >= 4 is 11.6 Å². The standard InChI is InChI=1S/C15H24ClNO/c1-3-4-5-6-7-10-18-15-9-8-13(12-17-2)11-14(15)16/h8-9,11,17H,3-7,10,12H2,1-2H3. The molecule has 102 valence electrons. The predicted octanol–water partition coefficient (Wildman–Crippen LogP) is 4.41. The number of rotatable bonds is 9. The molecule has 2 nitrogen and oxygen atoms in total. The molecule has 1 aromatic carbocycles. The Kier molecular flexibility index (Phi) is 7.86. The molecule has 0 aromatic heterocycles. The van der Waals surface area contributed by atoms with Gasteiger partial charge in [0.05, 0.1) is 11.6 Å². The number of benzene rings is 1. The van der Waals surface area contributed by atoms with Gasteiger partial charge in [-0.2, -0.15) is 0 Å². The highest BCUT2D eigenvalue weighted by atomic mass is 35.5. The van der Waals surface area contributed by atoms with E-state index in [4.69, 9.17) is 16.3 Å². The number of ether oxygens (including phenoxy) is 1. The molecule has 18 heavy (non-hydrogen) atoms. The van der Waals surface area contributed by atoms with Gasteiger partial charge in [-0.15, -0.1) is 0 Å². The van der Waals surface area contributed by atoms with E-state index in [9.17, 15) is 0 Å². The highest BCUT2D eigenvalue weighted by Gasteiger charge is 2.02. The molecule has 1 aromatic rings. The van der Waals surface area contributed by atoms with Crippen molar-refractivity contribution in [3.63, 3.8) is 0 Å². The molecule has 0 bridgehead atoms. The Balaban J connectivity index is 2.29. The van der Waals surface area contributed by atoms with Crippen molar-refractivity contribution < 1.29 is 4.74 Å². The second-order valence-electron chi connectivity index (χ2n) is 4.56. The lowest BCUT2D eigenvalue weighted by atomic mass is 10.2. The van der Waals surface area contributed by atoms with E-state index >= 15 is 0 Å². The first-order valence-electron chi connectivity index (χ1n) is 6.83. The van der Waals surface area contributed by atoms with E-state index in [1.807, 2.05) is 19.2 Å². The fraction of sp³-hybridized carbons (Fsp3) is 0.600. The minimum atomic E-state index is 0.705. The summed E-state index contributed by atoms with van der Waals surface area (Å²) in [4.78, 5) is 0. The second-order valence-corrected chi connectivity index (χ2v) is 4.96. The van der Waals surface area contributed by atoms with Gasteiger partial charge in [0.2, 0.25) is 0 Å². The van der Waals surface area contributed by atoms with Crippen LogP contribution in [0.15, 0.2) is 18.2 Å². The largest absolute Gasteiger partial charge is 0.492 e. The van der Waals surface area contributed by atoms with Gasteiger partial charge in [0.15, 0.2) is 0 Å². The maximum atomic E-state index is 6.17. The highest BCUT2D eigenvalue weighted by Crippen LogP contribution is 2.25. The fourth-order valence-electron chi connectivity index (χ4n) is 1.86. The van der Waals surface area contributed by atoms with Crippen LogP contribution < -0.4 is 10.1 Å². The first-order chi connectivity index (χ1) is 8.77. The molecule has 0 aliphatic heterocycles. The molecule has 0 aliphatic carbocycles. The third kappa shape index (κ3) is 5.74. The van der Waals surface area contributed by atoms with Crippen molar-refractivity contribution in [3.8, 4) is 5.75 Å². The summed E-state index contributed by atoms with van der Waals surface area (Å²) >= 11 is 6.17. The van der Waals surface area contributed by atoms with Crippen LogP contribution in [0.5, 0.6) is 5.75 Å². The van der Waals surface area contributed by atoms with E-state index in [0.717, 1.165) is 25.3 Å². The summed E-state index contributed by atoms with van der Waals surface area (Å²) in [6, 6.07) is 5.97. The van der Waals surface area contributed by atoms with Crippen LogP contribution in [0.2, 0.25) is 5.02 Å². The van der Waals surface area contributed by atoms with Gasteiger partial charge in [0, 0.05) is 6.54 Å². The smallest absolute Gasteiger partial charge is 0.137 e. The Morgan fingerprint density at radius 1 is 1.17 bits per heavy atom. The average molecular weight is 270 g/mol. The number of halogens is 1. The van der Waals surface area contributed by atoms with Crippen LogP contribution in [0.3, 0.4) is 0 Å². The van der Waals surface area contributed by atoms with Crippen molar-refractivity contribution in [1.82, 2.24) is 5.32 Å². The van der Waals surface area contributed by atoms with E-state index in [0.29, 0.717) is 5.02 Å². The van der Waals surface area contributed by atoms with Crippen molar-refractivity contribution in [3.05, 3.63) is 28.8 Å². The van der Waals surface area contributed by atoms with Gasteiger partial charge in [-0.1, -0.05) is 50.3 Å². The average Bonchev–Trinajstić information content (AvgIpc) is 2.36. The lowest BCUT2D eigenvalue weighted by Gasteiger charge is -2.09. The van der Waals surface area contributed by atoms with Gasteiger partial charge < -0.3 is 10.1 Å². The molecule has 3 heteroatoms. The van der Waals surface area contributed by atoms with Gasteiger partial charge in [0.1, 0.15) is 5.75 Å². The minimum absolute atomic E-state index is 0.705. The van der Waals surface area contributed by atoms with Gasteiger partial charge in [-0.05, 0) is 31.2 Å². The maximum absolute atomic E-state index is 6.17. The SMILES string of the molecule is CCCCCCCOc1ccc(CNC)cc1Cl. The molecule has 1 N–H and O–H groups in total. The minimum Gasteiger partial charge on any atom is -0.492 e. The summed E-state index contributed by atoms with van der Waals surface area (Å²) in [5.74, 6) is 0.798. The zero-order chi connectivity index (χ0) is 13.2. The fourth-order valence-corrected chi connectivity index (χ4v) is 2.12. The number of nitrogens with one attached hydrogen (secondary N) is 1. The van der Waals surface area contributed by atoms with Crippen LogP contribution in [-0.2, 0) is 6.54 Å². The third-order valence-corrected chi connectivity index (χ3v) is 3.18. The molecular formula is C15H24ClNO. The molecule has 0 unspecified atom stereocenters. The van der Waals surface area contributed by atoms with Crippen LogP contribution in [-0.4, -0.2) is 13.7 Å². The quantitative estimate of drug-likeness (QED) is 0.671. The summed E-state index contributed by atoms with van der Waals surface area (Å²) in [5.41, 5.74) is 1.18. The van der Waals surface area contributed by atoms with Crippen molar-refractivity contribution in [2.24, 2.45) is 0 Å². The summed E-state index contributed by atoms with van der Waals surface area (Å²) in [6.45, 7) is 3.81. The molecule has 1 rings (SSSR count). The Labute approximate surface area is 116 Å². The van der Waals surface area contributed by atoms with E-state index in [-0.39, 0.29) is 0 Å². The van der Waals surface area contributed by atoms with Gasteiger partial charge in [-0.3, -0.25) is 0 Å². The van der Waals surface area contributed by atoms with Crippen LogP contribution in [0.4, 0.5) is 0 Å². The Hall–Kier alpha value is -0.730. The van der Waals surface area contributed by atoms with Gasteiger partial charge >= 0.3 is 0 Å². The summed E-state index contributed by atoms with van der Waals surface area (Å²) < 4.78 is 5.70. The summed E-state index contributed by atoms with van der Waals surface area (Å²) in [6.07, 6.45) is 6.24. The Morgan fingerprint density at radius 3 is 2.61 bits per heavy atom. The van der Waals surface area contributed by atoms with Crippen LogP contribution in [0.1, 0.15) is 44.6 Å². The Morgan fingerprint density at radius 2 is 1.94 bits per heavy atom. The molecule has 0 saturated carbocycles. The lowest BCUT2D eigenvalue weighted by Crippen LogP contribution is -2.05. The van der Waals surface area contributed by atoms with Crippen molar-refractivity contribution in [1.29, 1.82) is 0 Å². The molecule has 0 atom stereocenters. The molecule has 0 heterocycles. The predicted molar refractivity (Wildman–Crippen MR) is 78.5 cm³/mol. The highest BCUT2D eigenvalue weighted by molar-refractivity contribution is 6.32. The molecule has 0 fully saturated rings. The van der Waals surface area contributed by atoms with E-state index in [2.05, 4.69) is 18.3 Å². The first-order valence-corrected chi connectivity index (χ1v) is 7.21. The van der Waals surface area contributed by atoms with Gasteiger partial charge in [-0.25, -0.2) is 0 Å². The summed E-state index contributed by atoms with van der Waals surface area (Å²) in [5, 5.41) is 3.81. The van der Waals surface area contributed by atoms with Crippen LogP contribution >= 0.6 is 11.6 Å². The molecule has 0 aliphatic rings. The second kappa shape index (κ2) is 9.23. The van der Waals surface area contributed by atoms with Crippen molar-refractivity contribution in [2.45, 2.75) is 45.6 Å². The normalized spacial score (nSPS) is 10.6. The van der Waals surface area contributed by atoms with E-state index in [1.165, 1.54) is 31.2 Å². The molecule has 0 radical (unpaired) electrons. The third-order valence-electron chi connectivity index (χ3n) is 2.88. The van der Waals surface area contributed by atoms with E-state index in [1.54, 1.807) is 0 Å². The maximum Gasteiger partial charge on any atom is 0.137 e. The number of hydrogen-bond donors (Lipinski definition) is 1. The first kappa shape index (κ1) is 15.3. The molecular weight excluding hydrogens is 246 g/mol. The zero-order valence-corrected chi connectivity index (χ0v) is 12.2. The topological polar surface area (TPSA) is 21.3 Å².